The Bertz CT molecular complexity index is 737. The number of anilines is 2. The van der Waals surface area contributed by atoms with Gasteiger partial charge in [-0.15, -0.1) is 6.58 Å². The summed E-state index contributed by atoms with van der Waals surface area (Å²) in [6, 6.07) is 0. The molecule has 0 atom stereocenters. The van der Waals surface area contributed by atoms with E-state index in [4.69, 9.17) is 24.4 Å². The molecule has 1 aromatic rings. The van der Waals surface area contributed by atoms with Crippen molar-refractivity contribution in [3.05, 3.63) is 30.8 Å². The number of unbranched alkanes of at least 4 members (excludes halogenated alkanes) is 2. The van der Waals surface area contributed by atoms with Gasteiger partial charge in [0.05, 0.1) is 5.76 Å². The quantitative estimate of drug-likeness (QED) is 0.135. The Balaban J connectivity index is 2.37. The maximum Gasteiger partial charge on any atom is 0.234 e. The van der Waals surface area contributed by atoms with Gasteiger partial charge < -0.3 is 19.5 Å². The Kier molecular flexibility index (Phi) is 12.9. The molecule has 1 aliphatic carbocycles. The summed E-state index contributed by atoms with van der Waals surface area (Å²) in [5, 5.41) is 9.75. The number of rotatable bonds is 17. The standard InChI is InChI=1S/C26H45N5O3/c1-6-8-9-10-16-30(17-15-22(4)32)25-27-24(23-13-11-21(3)12-14-23)28-26(29-25)31(19-33-5)20-34-18-7-2/h6,21,23,32H,1,4,7-20H2,2-3,5H3. The van der Waals surface area contributed by atoms with Crippen LogP contribution >= 0.6 is 0 Å². The molecule has 8 heteroatoms. The van der Waals surface area contributed by atoms with Gasteiger partial charge in [-0.25, -0.2) is 0 Å². The fourth-order valence-corrected chi connectivity index (χ4v) is 4.15. The zero-order chi connectivity index (χ0) is 24.8. The average molecular weight is 476 g/mol. The largest absolute Gasteiger partial charge is 0.513 e. The van der Waals surface area contributed by atoms with E-state index in [1.807, 2.05) is 11.0 Å². The van der Waals surface area contributed by atoms with Crippen LogP contribution in [0.5, 0.6) is 0 Å². The van der Waals surface area contributed by atoms with E-state index in [1.165, 1.54) is 12.8 Å². The van der Waals surface area contributed by atoms with E-state index in [0.717, 1.165) is 56.8 Å². The van der Waals surface area contributed by atoms with Crippen molar-refractivity contribution in [2.45, 2.75) is 77.6 Å². The Labute approximate surface area is 206 Å². The Morgan fingerprint density at radius 3 is 2.38 bits per heavy atom. The zero-order valence-corrected chi connectivity index (χ0v) is 21.5. The first-order valence-corrected chi connectivity index (χ1v) is 12.8. The summed E-state index contributed by atoms with van der Waals surface area (Å²) >= 11 is 0. The van der Waals surface area contributed by atoms with E-state index in [-0.39, 0.29) is 5.76 Å². The highest BCUT2D eigenvalue weighted by atomic mass is 16.5. The molecule has 0 radical (unpaired) electrons. The first-order valence-electron chi connectivity index (χ1n) is 12.8. The number of hydrogen-bond donors (Lipinski definition) is 1. The number of hydrogen-bond acceptors (Lipinski definition) is 8. The summed E-state index contributed by atoms with van der Waals surface area (Å²) in [6.07, 6.45) is 10.9. The van der Waals surface area contributed by atoms with E-state index in [9.17, 15) is 5.11 Å². The first kappa shape index (κ1) is 28.1. The monoisotopic (exact) mass is 475 g/mol. The van der Waals surface area contributed by atoms with Crippen molar-refractivity contribution in [2.24, 2.45) is 5.92 Å². The zero-order valence-electron chi connectivity index (χ0n) is 21.5. The Morgan fingerprint density at radius 1 is 1.06 bits per heavy atom. The van der Waals surface area contributed by atoms with E-state index >= 15 is 0 Å². The van der Waals surface area contributed by atoms with Crippen LogP contribution in [0.15, 0.2) is 25.0 Å². The minimum atomic E-state index is 0.167. The van der Waals surface area contributed by atoms with Gasteiger partial charge in [-0.2, -0.15) is 15.0 Å². The molecule has 0 amide bonds. The minimum absolute atomic E-state index is 0.167. The van der Waals surface area contributed by atoms with Crippen molar-refractivity contribution in [3.8, 4) is 0 Å². The van der Waals surface area contributed by atoms with E-state index in [0.29, 0.717) is 50.8 Å². The van der Waals surface area contributed by atoms with Crippen molar-refractivity contribution in [2.75, 3.05) is 50.1 Å². The highest BCUT2D eigenvalue weighted by molar-refractivity contribution is 5.39. The fourth-order valence-electron chi connectivity index (χ4n) is 4.15. The maximum absolute atomic E-state index is 9.75. The molecule has 1 saturated carbocycles. The highest BCUT2D eigenvalue weighted by Crippen LogP contribution is 2.35. The van der Waals surface area contributed by atoms with E-state index in [2.05, 4.69) is 31.9 Å². The van der Waals surface area contributed by atoms with Crippen molar-refractivity contribution < 1.29 is 14.6 Å². The number of methoxy groups -OCH3 is 1. The van der Waals surface area contributed by atoms with Gasteiger partial charge in [-0.05, 0) is 44.4 Å². The summed E-state index contributed by atoms with van der Waals surface area (Å²) in [5.41, 5.74) is 0. The van der Waals surface area contributed by atoms with Gasteiger partial charge in [-0.1, -0.05) is 39.3 Å². The molecule has 2 rings (SSSR count). The Hall–Kier alpha value is -2.19. The number of aromatic nitrogens is 3. The molecule has 1 aliphatic rings. The predicted molar refractivity (Wildman–Crippen MR) is 138 cm³/mol. The lowest BCUT2D eigenvalue weighted by molar-refractivity contribution is 0.104. The normalized spacial score (nSPS) is 18.0. The van der Waals surface area contributed by atoms with Gasteiger partial charge in [0.1, 0.15) is 19.3 Å². The molecule has 0 bridgehead atoms. The second-order valence-electron chi connectivity index (χ2n) is 9.33. The van der Waals surface area contributed by atoms with Crippen LogP contribution in [0, 0.1) is 5.92 Å². The van der Waals surface area contributed by atoms with Gasteiger partial charge in [0, 0.05) is 39.1 Å². The molecule has 0 unspecified atom stereocenters. The minimum Gasteiger partial charge on any atom is -0.513 e. The summed E-state index contributed by atoms with van der Waals surface area (Å²) in [7, 11) is 1.66. The maximum atomic E-state index is 9.75. The fraction of sp³-hybridized carbons (Fsp3) is 0.731. The van der Waals surface area contributed by atoms with Crippen LogP contribution in [-0.4, -0.2) is 60.3 Å². The van der Waals surface area contributed by atoms with Gasteiger partial charge in [-0.3, -0.25) is 4.90 Å². The van der Waals surface area contributed by atoms with E-state index in [1.54, 1.807) is 7.11 Å². The lowest BCUT2D eigenvalue weighted by Gasteiger charge is -2.29. The van der Waals surface area contributed by atoms with Crippen molar-refractivity contribution in [1.82, 2.24) is 15.0 Å². The molecular weight excluding hydrogens is 430 g/mol. The smallest absolute Gasteiger partial charge is 0.234 e. The first-order chi connectivity index (χ1) is 16.5. The molecule has 0 saturated heterocycles. The molecule has 0 aliphatic heterocycles. The number of ether oxygens (including phenoxy) is 2. The van der Waals surface area contributed by atoms with Crippen LogP contribution in [0.2, 0.25) is 0 Å². The second kappa shape index (κ2) is 15.7. The summed E-state index contributed by atoms with van der Waals surface area (Å²) in [4.78, 5) is 18.8. The highest BCUT2D eigenvalue weighted by Gasteiger charge is 2.25. The number of aliphatic hydroxyl groups excluding tert-OH is 1. The number of allylic oxidation sites excluding steroid dienone is 1. The van der Waals surface area contributed by atoms with Gasteiger partial charge in [0.2, 0.25) is 11.9 Å². The van der Waals surface area contributed by atoms with Crippen molar-refractivity contribution >= 4 is 11.9 Å². The predicted octanol–water partition coefficient (Wildman–Crippen LogP) is 5.58. The second-order valence-corrected chi connectivity index (χ2v) is 9.33. The lowest BCUT2D eigenvalue weighted by atomic mass is 9.82. The van der Waals surface area contributed by atoms with Crippen molar-refractivity contribution in [3.63, 3.8) is 0 Å². The molecule has 8 nitrogen and oxygen atoms in total. The van der Waals surface area contributed by atoms with E-state index < -0.39 is 0 Å². The molecule has 0 spiro atoms. The number of aliphatic hydroxyl groups is 1. The molecule has 1 heterocycles. The van der Waals surface area contributed by atoms with Crippen LogP contribution in [0.1, 0.15) is 83.4 Å². The summed E-state index contributed by atoms with van der Waals surface area (Å²) < 4.78 is 11.2. The third kappa shape index (κ3) is 9.58. The molecule has 0 aromatic carbocycles. The van der Waals surface area contributed by atoms with Crippen molar-refractivity contribution in [1.29, 1.82) is 0 Å². The topological polar surface area (TPSA) is 83.8 Å². The van der Waals surface area contributed by atoms with Crippen LogP contribution in [-0.2, 0) is 9.47 Å². The molecular formula is C26H45N5O3. The van der Waals surface area contributed by atoms with Gasteiger partial charge >= 0.3 is 0 Å². The van der Waals surface area contributed by atoms with Crippen LogP contribution in [0.25, 0.3) is 0 Å². The summed E-state index contributed by atoms with van der Waals surface area (Å²) in [6.45, 7) is 14.6. The molecule has 1 N–H and O–H groups in total. The molecule has 34 heavy (non-hydrogen) atoms. The molecule has 192 valence electrons. The summed E-state index contributed by atoms with van der Waals surface area (Å²) in [5.74, 6) is 3.32. The van der Waals surface area contributed by atoms with Gasteiger partial charge in [0.25, 0.3) is 0 Å². The van der Waals surface area contributed by atoms with Crippen LogP contribution < -0.4 is 9.80 Å². The molecule has 1 fully saturated rings. The third-order valence-electron chi connectivity index (χ3n) is 6.21. The molecule has 1 aromatic heterocycles. The Morgan fingerprint density at radius 2 is 1.76 bits per heavy atom. The number of nitrogens with zero attached hydrogens (tertiary/aromatic N) is 5. The average Bonchev–Trinajstić information content (AvgIpc) is 2.83. The van der Waals surface area contributed by atoms with Gasteiger partial charge in [0.15, 0.2) is 0 Å². The van der Waals surface area contributed by atoms with Crippen LogP contribution in [0.4, 0.5) is 11.9 Å². The third-order valence-corrected chi connectivity index (χ3v) is 6.21. The van der Waals surface area contributed by atoms with Crippen LogP contribution in [0.3, 0.4) is 0 Å². The SMILES string of the molecule is C=CCCCCN(CCC(=C)O)c1nc(C2CCC(C)CC2)nc(N(COC)COCCC)n1. The lowest BCUT2D eigenvalue weighted by Crippen LogP contribution is -2.33.